The second kappa shape index (κ2) is 8.77. The summed E-state index contributed by atoms with van der Waals surface area (Å²) in [5, 5.41) is 6.88. The zero-order valence-electron chi connectivity index (χ0n) is 11.3. The molecule has 0 aliphatic heterocycles. The van der Waals surface area contributed by atoms with Crippen LogP contribution in [0.2, 0.25) is 0 Å². The molecule has 1 fully saturated rings. The molecule has 2 aliphatic carbocycles. The van der Waals surface area contributed by atoms with E-state index in [9.17, 15) is 0 Å². The smallest absolute Gasteiger partial charge is 0.190 e. The summed E-state index contributed by atoms with van der Waals surface area (Å²) in [5.74, 6) is 2.64. The summed E-state index contributed by atoms with van der Waals surface area (Å²) >= 11 is 0. The molecule has 0 aromatic heterocycles. The van der Waals surface area contributed by atoms with E-state index in [4.69, 9.17) is 0 Å². The highest BCUT2D eigenvalue weighted by Crippen LogP contribution is 2.25. The first-order valence-corrected chi connectivity index (χ1v) is 6.98. The molecule has 2 rings (SSSR count). The minimum absolute atomic E-state index is 0. The SMILES string of the molecule is CN=C(NCC1CC=CCC1)NCC1CCC1.I. The van der Waals surface area contributed by atoms with Gasteiger partial charge in [0.2, 0.25) is 0 Å². The van der Waals surface area contributed by atoms with Gasteiger partial charge in [0.05, 0.1) is 0 Å². The van der Waals surface area contributed by atoms with Crippen molar-refractivity contribution in [3.8, 4) is 0 Å². The highest BCUT2D eigenvalue weighted by Gasteiger charge is 2.17. The number of allylic oxidation sites excluding steroid dienone is 2. The van der Waals surface area contributed by atoms with Gasteiger partial charge in [0, 0.05) is 20.1 Å². The fraction of sp³-hybridized carbons (Fsp3) is 0.786. The van der Waals surface area contributed by atoms with Gasteiger partial charge in [0.15, 0.2) is 5.96 Å². The van der Waals surface area contributed by atoms with Gasteiger partial charge in [-0.05, 0) is 43.9 Å². The molecule has 2 aliphatic rings. The fourth-order valence-corrected chi connectivity index (χ4v) is 2.44. The molecule has 1 saturated carbocycles. The first-order valence-electron chi connectivity index (χ1n) is 6.98. The van der Waals surface area contributed by atoms with Crippen molar-refractivity contribution in [3.63, 3.8) is 0 Å². The average Bonchev–Trinajstić information content (AvgIpc) is 2.32. The van der Waals surface area contributed by atoms with E-state index in [1.807, 2.05) is 7.05 Å². The molecule has 0 radical (unpaired) electrons. The lowest BCUT2D eigenvalue weighted by atomic mass is 9.85. The van der Waals surface area contributed by atoms with Gasteiger partial charge in [-0.3, -0.25) is 4.99 Å². The molecule has 0 heterocycles. The van der Waals surface area contributed by atoms with Crippen molar-refractivity contribution in [2.45, 2.75) is 38.5 Å². The molecule has 104 valence electrons. The van der Waals surface area contributed by atoms with Crippen LogP contribution in [0.1, 0.15) is 38.5 Å². The topological polar surface area (TPSA) is 36.4 Å². The molecular formula is C14H26IN3. The number of hydrogen-bond acceptors (Lipinski definition) is 1. The van der Waals surface area contributed by atoms with E-state index in [0.29, 0.717) is 0 Å². The van der Waals surface area contributed by atoms with Crippen LogP contribution in [0.5, 0.6) is 0 Å². The van der Waals surface area contributed by atoms with Gasteiger partial charge >= 0.3 is 0 Å². The van der Waals surface area contributed by atoms with Gasteiger partial charge < -0.3 is 10.6 Å². The van der Waals surface area contributed by atoms with Crippen LogP contribution < -0.4 is 10.6 Å². The van der Waals surface area contributed by atoms with Crippen molar-refractivity contribution in [1.29, 1.82) is 0 Å². The summed E-state index contributed by atoms with van der Waals surface area (Å²) in [4.78, 5) is 4.28. The summed E-state index contributed by atoms with van der Waals surface area (Å²) in [5.41, 5.74) is 0. The standard InChI is InChI=1S/C14H25N3.HI/c1-15-14(17-11-13-8-5-9-13)16-10-12-6-3-2-4-7-12;/h2-3,12-13H,4-11H2,1H3,(H2,15,16,17);1H. The number of nitrogens with one attached hydrogen (secondary N) is 2. The van der Waals surface area contributed by atoms with Crippen molar-refractivity contribution >= 4 is 29.9 Å². The van der Waals surface area contributed by atoms with E-state index >= 15 is 0 Å². The molecule has 1 unspecified atom stereocenters. The van der Waals surface area contributed by atoms with Gasteiger partial charge in [-0.15, -0.1) is 24.0 Å². The van der Waals surface area contributed by atoms with E-state index in [0.717, 1.165) is 30.9 Å². The highest BCUT2D eigenvalue weighted by molar-refractivity contribution is 14.0. The molecule has 0 aromatic rings. The van der Waals surface area contributed by atoms with Crippen molar-refractivity contribution < 1.29 is 0 Å². The molecule has 0 bridgehead atoms. The number of hydrogen-bond donors (Lipinski definition) is 2. The Morgan fingerprint density at radius 2 is 1.83 bits per heavy atom. The zero-order chi connectivity index (χ0) is 11.9. The number of rotatable bonds is 4. The van der Waals surface area contributed by atoms with Crippen molar-refractivity contribution in [2.24, 2.45) is 16.8 Å². The van der Waals surface area contributed by atoms with Crippen LogP contribution in [0.4, 0.5) is 0 Å². The lowest BCUT2D eigenvalue weighted by Crippen LogP contribution is -2.42. The van der Waals surface area contributed by atoms with Gasteiger partial charge in [-0.1, -0.05) is 18.6 Å². The maximum atomic E-state index is 4.28. The Bertz CT molecular complexity index is 285. The first kappa shape index (κ1) is 15.8. The van der Waals surface area contributed by atoms with Gasteiger partial charge in [-0.2, -0.15) is 0 Å². The third-order valence-electron chi connectivity index (χ3n) is 3.94. The monoisotopic (exact) mass is 363 g/mol. The maximum Gasteiger partial charge on any atom is 0.190 e. The predicted octanol–water partition coefficient (Wildman–Crippen LogP) is 2.93. The number of nitrogens with zero attached hydrogens (tertiary/aromatic N) is 1. The lowest BCUT2D eigenvalue weighted by Gasteiger charge is -2.27. The average molecular weight is 363 g/mol. The van der Waals surface area contributed by atoms with E-state index in [2.05, 4.69) is 27.8 Å². The Morgan fingerprint density at radius 3 is 2.33 bits per heavy atom. The fourth-order valence-electron chi connectivity index (χ4n) is 2.44. The maximum absolute atomic E-state index is 4.28. The molecule has 0 aromatic carbocycles. The summed E-state index contributed by atoms with van der Waals surface area (Å²) in [6.07, 6.45) is 12.5. The minimum atomic E-state index is 0. The largest absolute Gasteiger partial charge is 0.356 e. The second-order valence-electron chi connectivity index (χ2n) is 5.28. The highest BCUT2D eigenvalue weighted by atomic mass is 127. The van der Waals surface area contributed by atoms with E-state index in [-0.39, 0.29) is 24.0 Å². The first-order chi connectivity index (χ1) is 8.38. The summed E-state index contributed by atoms with van der Waals surface area (Å²) in [7, 11) is 1.86. The summed E-state index contributed by atoms with van der Waals surface area (Å²) in [6, 6.07) is 0. The Kier molecular flexibility index (Phi) is 7.70. The van der Waals surface area contributed by atoms with E-state index < -0.39 is 0 Å². The van der Waals surface area contributed by atoms with Gasteiger partial charge in [0.25, 0.3) is 0 Å². The Morgan fingerprint density at radius 1 is 1.11 bits per heavy atom. The van der Waals surface area contributed by atoms with E-state index in [1.54, 1.807) is 0 Å². The van der Waals surface area contributed by atoms with Crippen molar-refractivity contribution in [3.05, 3.63) is 12.2 Å². The predicted molar refractivity (Wildman–Crippen MR) is 88.6 cm³/mol. The number of halogens is 1. The molecule has 0 amide bonds. The van der Waals surface area contributed by atoms with Gasteiger partial charge in [0.1, 0.15) is 0 Å². The van der Waals surface area contributed by atoms with E-state index in [1.165, 1.54) is 38.5 Å². The Balaban J connectivity index is 0.00000162. The number of guanidine groups is 1. The van der Waals surface area contributed by atoms with Crippen LogP contribution in [-0.4, -0.2) is 26.1 Å². The molecule has 18 heavy (non-hydrogen) atoms. The lowest BCUT2D eigenvalue weighted by molar-refractivity contribution is 0.314. The van der Waals surface area contributed by atoms with Crippen LogP contribution in [0.25, 0.3) is 0 Å². The molecule has 2 N–H and O–H groups in total. The van der Waals surface area contributed by atoms with Crippen LogP contribution in [0.15, 0.2) is 17.1 Å². The van der Waals surface area contributed by atoms with Crippen LogP contribution in [0, 0.1) is 11.8 Å². The second-order valence-corrected chi connectivity index (χ2v) is 5.28. The molecule has 4 heteroatoms. The minimum Gasteiger partial charge on any atom is -0.356 e. The zero-order valence-corrected chi connectivity index (χ0v) is 13.7. The number of aliphatic imine (C=N–C) groups is 1. The van der Waals surface area contributed by atoms with Crippen molar-refractivity contribution in [2.75, 3.05) is 20.1 Å². The normalized spacial score (nSPS) is 24.1. The third kappa shape index (κ3) is 5.16. The molecule has 3 nitrogen and oxygen atoms in total. The summed E-state index contributed by atoms with van der Waals surface area (Å²) in [6.45, 7) is 2.14. The Hall–Kier alpha value is -0.260. The quantitative estimate of drug-likeness (QED) is 0.349. The van der Waals surface area contributed by atoms with Crippen LogP contribution in [-0.2, 0) is 0 Å². The summed E-state index contributed by atoms with van der Waals surface area (Å²) < 4.78 is 0. The molecular weight excluding hydrogens is 337 g/mol. The van der Waals surface area contributed by atoms with Crippen LogP contribution in [0.3, 0.4) is 0 Å². The molecule has 1 atom stereocenters. The molecule has 0 saturated heterocycles. The molecule has 0 spiro atoms. The van der Waals surface area contributed by atoms with Gasteiger partial charge in [-0.25, -0.2) is 0 Å². The Labute approximate surface area is 128 Å². The van der Waals surface area contributed by atoms with Crippen molar-refractivity contribution in [1.82, 2.24) is 10.6 Å². The van der Waals surface area contributed by atoms with Crippen LogP contribution >= 0.6 is 24.0 Å². The third-order valence-corrected chi connectivity index (χ3v) is 3.94.